The van der Waals surface area contributed by atoms with Crippen molar-refractivity contribution in [3.63, 3.8) is 0 Å². The van der Waals surface area contributed by atoms with Gasteiger partial charge in [-0.1, -0.05) is 30.3 Å². The topological polar surface area (TPSA) is 20.3 Å². The van der Waals surface area contributed by atoms with Gasteiger partial charge in [0.1, 0.15) is 5.78 Å². The van der Waals surface area contributed by atoms with Gasteiger partial charge in [-0.25, -0.2) is 0 Å². The lowest BCUT2D eigenvalue weighted by atomic mass is 10.1. The van der Waals surface area contributed by atoms with Crippen LogP contribution in [0.1, 0.15) is 25.3 Å². The van der Waals surface area contributed by atoms with Crippen molar-refractivity contribution in [3.05, 3.63) is 35.9 Å². The zero-order chi connectivity index (χ0) is 10.7. The predicted molar refractivity (Wildman–Crippen MR) is 60.6 cm³/mol. The molecule has 1 fully saturated rings. The zero-order valence-electron chi connectivity index (χ0n) is 9.15. The third-order valence-electron chi connectivity index (χ3n) is 3.06. The molecule has 1 aliphatic rings. The number of likely N-dealkylation sites (tertiary alicyclic amines) is 1. The normalized spacial score (nSPS) is 21.8. The molecule has 1 aliphatic heterocycles. The third kappa shape index (κ3) is 2.45. The van der Waals surface area contributed by atoms with E-state index in [4.69, 9.17) is 0 Å². The largest absolute Gasteiger partial charge is 0.298 e. The lowest BCUT2D eigenvalue weighted by Crippen LogP contribution is -2.34. The number of ketones is 1. The van der Waals surface area contributed by atoms with Crippen LogP contribution in [0.15, 0.2) is 30.3 Å². The van der Waals surface area contributed by atoms with Crippen molar-refractivity contribution >= 4 is 5.78 Å². The molecule has 2 nitrogen and oxygen atoms in total. The molecule has 1 unspecified atom stereocenters. The van der Waals surface area contributed by atoms with Gasteiger partial charge in [-0.2, -0.15) is 0 Å². The van der Waals surface area contributed by atoms with Gasteiger partial charge in [-0.3, -0.25) is 9.69 Å². The van der Waals surface area contributed by atoms with Gasteiger partial charge in [0.25, 0.3) is 0 Å². The summed E-state index contributed by atoms with van der Waals surface area (Å²) in [7, 11) is 0. The van der Waals surface area contributed by atoms with E-state index in [1.54, 1.807) is 6.92 Å². The van der Waals surface area contributed by atoms with E-state index in [-0.39, 0.29) is 6.04 Å². The lowest BCUT2D eigenvalue weighted by Gasteiger charge is -2.22. The number of hydrogen-bond donors (Lipinski definition) is 0. The quantitative estimate of drug-likeness (QED) is 0.751. The minimum atomic E-state index is 0.158. The molecule has 0 spiro atoms. The summed E-state index contributed by atoms with van der Waals surface area (Å²) in [6, 6.07) is 10.5. The van der Waals surface area contributed by atoms with E-state index < -0.39 is 0 Å². The van der Waals surface area contributed by atoms with Crippen LogP contribution in [0.25, 0.3) is 0 Å². The Labute approximate surface area is 90.9 Å². The first-order chi connectivity index (χ1) is 7.27. The van der Waals surface area contributed by atoms with Gasteiger partial charge < -0.3 is 0 Å². The van der Waals surface area contributed by atoms with E-state index in [2.05, 4.69) is 17.0 Å². The Kier molecular flexibility index (Phi) is 3.17. The average molecular weight is 203 g/mol. The standard InChI is InChI=1S/C13H17NO/c1-11(15)13-8-5-9-14(13)10-12-6-3-2-4-7-12/h2-4,6-7,13H,5,8-10H2,1H3. The Morgan fingerprint density at radius 2 is 2.13 bits per heavy atom. The molecule has 0 aliphatic carbocycles. The average Bonchev–Trinajstić information content (AvgIpc) is 2.67. The zero-order valence-corrected chi connectivity index (χ0v) is 9.15. The highest BCUT2D eigenvalue weighted by Crippen LogP contribution is 2.20. The number of carbonyl (C=O) groups excluding carboxylic acids is 1. The lowest BCUT2D eigenvalue weighted by molar-refractivity contribution is -0.121. The van der Waals surface area contributed by atoms with Crippen molar-refractivity contribution in [1.29, 1.82) is 0 Å². The van der Waals surface area contributed by atoms with Crippen LogP contribution < -0.4 is 0 Å². The fourth-order valence-corrected chi connectivity index (χ4v) is 2.29. The fourth-order valence-electron chi connectivity index (χ4n) is 2.29. The van der Waals surface area contributed by atoms with E-state index >= 15 is 0 Å². The smallest absolute Gasteiger partial charge is 0.146 e. The van der Waals surface area contributed by atoms with Crippen molar-refractivity contribution in [2.24, 2.45) is 0 Å². The van der Waals surface area contributed by atoms with E-state index in [0.29, 0.717) is 5.78 Å². The molecule has 1 atom stereocenters. The van der Waals surface area contributed by atoms with Gasteiger partial charge in [-0.15, -0.1) is 0 Å². The third-order valence-corrected chi connectivity index (χ3v) is 3.06. The minimum Gasteiger partial charge on any atom is -0.298 e. The second-order valence-corrected chi connectivity index (χ2v) is 4.22. The molecule has 1 heterocycles. The first kappa shape index (κ1) is 10.4. The van der Waals surface area contributed by atoms with Crippen LogP contribution in [0.3, 0.4) is 0 Å². The Bertz CT molecular complexity index is 334. The van der Waals surface area contributed by atoms with Crippen LogP contribution >= 0.6 is 0 Å². The molecule has 2 heteroatoms. The Balaban J connectivity index is 2.03. The summed E-state index contributed by atoms with van der Waals surface area (Å²) in [4.78, 5) is 13.7. The van der Waals surface area contributed by atoms with Crippen LogP contribution in [-0.4, -0.2) is 23.3 Å². The molecule has 0 bridgehead atoms. The summed E-state index contributed by atoms with van der Waals surface area (Å²) >= 11 is 0. The number of Topliss-reactive ketones (excluding diaryl/α,β-unsaturated/α-hetero) is 1. The van der Waals surface area contributed by atoms with Crippen molar-refractivity contribution in [2.45, 2.75) is 32.4 Å². The van der Waals surface area contributed by atoms with Gasteiger partial charge in [0.2, 0.25) is 0 Å². The highest BCUT2D eigenvalue weighted by molar-refractivity contribution is 5.81. The first-order valence-corrected chi connectivity index (χ1v) is 5.56. The first-order valence-electron chi connectivity index (χ1n) is 5.56. The molecule has 0 saturated carbocycles. The Morgan fingerprint density at radius 1 is 1.40 bits per heavy atom. The highest BCUT2D eigenvalue weighted by atomic mass is 16.1. The molecular formula is C13H17NO. The van der Waals surface area contributed by atoms with Gasteiger partial charge >= 0.3 is 0 Å². The highest BCUT2D eigenvalue weighted by Gasteiger charge is 2.27. The molecule has 1 aromatic rings. The summed E-state index contributed by atoms with van der Waals surface area (Å²) in [5, 5.41) is 0. The van der Waals surface area contributed by atoms with Crippen molar-refractivity contribution in [1.82, 2.24) is 4.90 Å². The molecule has 2 rings (SSSR count). The molecule has 1 saturated heterocycles. The fraction of sp³-hybridized carbons (Fsp3) is 0.462. The predicted octanol–water partition coefficient (Wildman–Crippen LogP) is 2.24. The maximum absolute atomic E-state index is 11.4. The van der Waals surface area contributed by atoms with Crippen molar-refractivity contribution < 1.29 is 4.79 Å². The van der Waals surface area contributed by atoms with Crippen LogP contribution in [0.4, 0.5) is 0 Å². The Hall–Kier alpha value is -1.15. The molecular weight excluding hydrogens is 186 g/mol. The van der Waals surface area contributed by atoms with Crippen LogP contribution in [-0.2, 0) is 11.3 Å². The second-order valence-electron chi connectivity index (χ2n) is 4.22. The molecule has 0 amide bonds. The number of carbonyl (C=O) groups is 1. The van der Waals surface area contributed by atoms with E-state index in [1.807, 2.05) is 18.2 Å². The van der Waals surface area contributed by atoms with E-state index in [9.17, 15) is 4.79 Å². The molecule has 0 radical (unpaired) electrons. The molecule has 0 N–H and O–H groups in total. The molecule has 15 heavy (non-hydrogen) atoms. The van der Waals surface area contributed by atoms with Gasteiger partial charge in [-0.05, 0) is 31.9 Å². The summed E-state index contributed by atoms with van der Waals surface area (Å²) in [5.74, 6) is 0.309. The summed E-state index contributed by atoms with van der Waals surface area (Å²) in [6.07, 6.45) is 2.18. The van der Waals surface area contributed by atoms with Crippen LogP contribution in [0.2, 0.25) is 0 Å². The van der Waals surface area contributed by atoms with Crippen LogP contribution in [0, 0.1) is 0 Å². The van der Waals surface area contributed by atoms with Gasteiger partial charge in [0.15, 0.2) is 0 Å². The SMILES string of the molecule is CC(=O)C1CCCN1Cc1ccccc1. The monoisotopic (exact) mass is 203 g/mol. The second kappa shape index (κ2) is 4.58. The summed E-state index contributed by atoms with van der Waals surface area (Å²) < 4.78 is 0. The summed E-state index contributed by atoms with van der Waals surface area (Å²) in [6.45, 7) is 3.66. The van der Waals surface area contributed by atoms with E-state index in [1.165, 1.54) is 5.56 Å². The number of nitrogens with zero attached hydrogens (tertiary/aromatic N) is 1. The maximum Gasteiger partial charge on any atom is 0.146 e. The molecule has 0 aromatic heterocycles. The van der Waals surface area contributed by atoms with Crippen molar-refractivity contribution in [2.75, 3.05) is 6.54 Å². The molecule has 80 valence electrons. The number of benzene rings is 1. The van der Waals surface area contributed by atoms with Crippen LogP contribution in [0.5, 0.6) is 0 Å². The number of rotatable bonds is 3. The molecule has 1 aromatic carbocycles. The summed E-state index contributed by atoms with van der Waals surface area (Å²) in [5.41, 5.74) is 1.30. The number of hydrogen-bond acceptors (Lipinski definition) is 2. The van der Waals surface area contributed by atoms with Gasteiger partial charge in [0, 0.05) is 6.54 Å². The van der Waals surface area contributed by atoms with E-state index in [0.717, 1.165) is 25.9 Å². The van der Waals surface area contributed by atoms with Gasteiger partial charge in [0.05, 0.1) is 6.04 Å². The Morgan fingerprint density at radius 3 is 2.80 bits per heavy atom. The maximum atomic E-state index is 11.4. The van der Waals surface area contributed by atoms with Crippen molar-refractivity contribution in [3.8, 4) is 0 Å². The minimum absolute atomic E-state index is 0.158.